The Balaban J connectivity index is 1.52. The van der Waals surface area contributed by atoms with Crippen molar-refractivity contribution in [2.75, 3.05) is 32.8 Å². The van der Waals surface area contributed by atoms with E-state index < -0.39 is 0 Å². The average Bonchev–Trinajstić information content (AvgIpc) is 2.94. The number of nitrogens with one attached hydrogen (secondary N) is 1. The Morgan fingerprint density at radius 2 is 2.18 bits per heavy atom. The summed E-state index contributed by atoms with van der Waals surface area (Å²) < 4.78 is 12.1. The van der Waals surface area contributed by atoms with Crippen molar-refractivity contribution in [1.29, 1.82) is 0 Å². The molecule has 0 aromatic carbocycles. The van der Waals surface area contributed by atoms with Gasteiger partial charge in [0.2, 0.25) is 0 Å². The second-order valence-electron chi connectivity index (χ2n) is 5.72. The minimum atomic E-state index is -0.193. The summed E-state index contributed by atoms with van der Waals surface area (Å²) in [5, 5.41) is 3.42. The molecule has 2 aliphatic heterocycles. The molecule has 3 fully saturated rings. The Morgan fingerprint density at radius 3 is 2.94 bits per heavy atom. The minimum Gasteiger partial charge on any atom is -0.347 e. The van der Waals surface area contributed by atoms with E-state index in [1.807, 2.05) is 0 Å². The van der Waals surface area contributed by atoms with Crippen LogP contribution in [-0.2, 0) is 9.47 Å². The molecule has 0 amide bonds. The van der Waals surface area contributed by atoms with Gasteiger partial charge in [0.15, 0.2) is 5.79 Å². The smallest absolute Gasteiger partial charge is 0.168 e. The van der Waals surface area contributed by atoms with Crippen LogP contribution in [0.4, 0.5) is 0 Å². The van der Waals surface area contributed by atoms with Gasteiger partial charge in [0, 0.05) is 45.1 Å². The molecule has 98 valence electrons. The molecule has 3 aliphatic rings. The summed E-state index contributed by atoms with van der Waals surface area (Å²) >= 11 is 0. The SMILES string of the molecule is CC1CNCCN1CC1COC2(CCCC2)O1. The highest BCUT2D eigenvalue weighted by Gasteiger charge is 2.44. The predicted molar refractivity (Wildman–Crippen MR) is 65.9 cm³/mol. The number of ether oxygens (including phenoxy) is 2. The maximum Gasteiger partial charge on any atom is 0.168 e. The van der Waals surface area contributed by atoms with Crippen LogP contribution in [0.3, 0.4) is 0 Å². The summed E-state index contributed by atoms with van der Waals surface area (Å²) in [6, 6.07) is 0.618. The normalized spacial score (nSPS) is 37.9. The Kier molecular flexibility index (Phi) is 3.39. The van der Waals surface area contributed by atoms with E-state index >= 15 is 0 Å². The van der Waals surface area contributed by atoms with Gasteiger partial charge in [0.05, 0.1) is 12.7 Å². The molecule has 17 heavy (non-hydrogen) atoms. The first-order valence-electron chi connectivity index (χ1n) is 7.04. The zero-order valence-electron chi connectivity index (χ0n) is 10.8. The van der Waals surface area contributed by atoms with Gasteiger partial charge < -0.3 is 14.8 Å². The largest absolute Gasteiger partial charge is 0.347 e. The van der Waals surface area contributed by atoms with Gasteiger partial charge in [-0.1, -0.05) is 0 Å². The van der Waals surface area contributed by atoms with Crippen molar-refractivity contribution in [1.82, 2.24) is 10.2 Å². The summed E-state index contributed by atoms with van der Waals surface area (Å²) in [5.74, 6) is -0.193. The lowest BCUT2D eigenvalue weighted by molar-refractivity contribution is -0.164. The van der Waals surface area contributed by atoms with E-state index in [0.717, 1.165) is 45.6 Å². The summed E-state index contributed by atoms with van der Waals surface area (Å²) in [6.07, 6.45) is 5.00. The fourth-order valence-corrected chi connectivity index (χ4v) is 3.30. The van der Waals surface area contributed by atoms with Gasteiger partial charge >= 0.3 is 0 Å². The first kappa shape index (κ1) is 11.9. The first-order chi connectivity index (χ1) is 8.27. The number of nitrogens with zero attached hydrogens (tertiary/aromatic N) is 1. The molecule has 1 aliphatic carbocycles. The molecule has 2 saturated heterocycles. The fraction of sp³-hybridized carbons (Fsp3) is 1.00. The molecule has 4 heteroatoms. The third-order valence-corrected chi connectivity index (χ3v) is 4.36. The Bertz CT molecular complexity index is 266. The van der Waals surface area contributed by atoms with E-state index in [1.165, 1.54) is 12.8 Å². The molecule has 1 N–H and O–H groups in total. The summed E-state index contributed by atoms with van der Waals surface area (Å²) in [4.78, 5) is 2.53. The van der Waals surface area contributed by atoms with Crippen LogP contribution in [0.2, 0.25) is 0 Å². The number of hydrogen-bond donors (Lipinski definition) is 1. The van der Waals surface area contributed by atoms with E-state index in [9.17, 15) is 0 Å². The first-order valence-corrected chi connectivity index (χ1v) is 7.04. The monoisotopic (exact) mass is 240 g/mol. The molecule has 3 rings (SSSR count). The highest BCUT2D eigenvalue weighted by molar-refractivity contribution is 4.86. The van der Waals surface area contributed by atoms with Crippen LogP contribution < -0.4 is 5.32 Å². The van der Waals surface area contributed by atoms with E-state index in [4.69, 9.17) is 9.47 Å². The molecule has 0 radical (unpaired) electrons. The van der Waals surface area contributed by atoms with Gasteiger partial charge in [0.25, 0.3) is 0 Å². The average molecular weight is 240 g/mol. The summed E-state index contributed by atoms with van der Waals surface area (Å²) in [6.45, 7) is 7.43. The maximum atomic E-state index is 6.18. The second kappa shape index (κ2) is 4.84. The number of rotatable bonds is 2. The van der Waals surface area contributed by atoms with E-state index in [-0.39, 0.29) is 11.9 Å². The number of hydrogen-bond acceptors (Lipinski definition) is 4. The molecular formula is C13H24N2O2. The Hall–Kier alpha value is -0.160. The lowest BCUT2D eigenvalue weighted by atomic mass is 10.2. The number of piperazine rings is 1. The van der Waals surface area contributed by atoms with Gasteiger partial charge in [-0.3, -0.25) is 4.90 Å². The van der Waals surface area contributed by atoms with E-state index in [1.54, 1.807) is 0 Å². The van der Waals surface area contributed by atoms with E-state index in [0.29, 0.717) is 6.04 Å². The van der Waals surface area contributed by atoms with Crippen molar-refractivity contribution in [3.05, 3.63) is 0 Å². The van der Waals surface area contributed by atoms with Gasteiger partial charge in [-0.05, 0) is 19.8 Å². The minimum absolute atomic E-state index is 0.193. The molecule has 0 aromatic heterocycles. The molecule has 0 aromatic rings. The van der Waals surface area contributed by atoms with Crippen molar-refractivity contribution in [3.8, 4) is 0 Å². The third kappa shape index (κ3) is 2.50. The third-order valence-electron chi connectivity index (χ3n) is 4.36. The predicted octanol–water partition coefficient (Wildman–Crippen LogP) is 0.966. The van der Waals surface area contributed by atoms with Crippen LogP contribution in [0, 0.1) is 0 Å². The van der Waals surface area contributed by atoms with Crippen LogP contribution in [0.15, 0.2) is 0 Å². The van der Waals surface area contributed by atoms with Crippen LogP contribution in [0.25, 0.3) is 0 Å². The fourth-order valence-electron chi connectivity index (χ4n) is 3.30. The highest BCUT2D eigenvalue weighted by atomic mass is 16.7. The molecule has 2 heterocycles. The van der Waals surface area contributed by atoms with Crippen molar-refractivity contribution in [2.45, 2.75) is 50.5 Å². The summed E-state index contributed by atoms with van der Waals surface area (Å²) in [7, 11) is 0. The zero-order valence-corrected chi connectivity index (χ0v) is 10.8. The van der Waals surface area contributed by atoms with Crippen molar-refractivity contribution >= 4 is 0 Å². The van der Waals surface area contributed by atoms with Crippen LogP contribution in [-0.4, -0.2) is 55.6 Å². The molecule has 2 unspecified atom stereocenters. The van der Waals surface area contributed by atoms with Crippen LogP contribution >= 0.6 is 0 Å². The topological polar surface area (TPSA) is 33.7 Å². The van der Waals surface area contributed by atoms with Gasteiger partial charge in [-0.2, -0.15) is 0 Å². The van der Waals surface area contributed by atoms with E-state index in [2.05, 4.69) is 17.1 Å². The van der Waals surface area contributed by atoms with Crippen molar-refractivity contribution in [2.24, 2.45) is 0 Å². The van der Waals surface area contributed by atoms with Crippen LogP contribution in [0.5, 0.6) is 0 Å². The maximum absolute atomic E-state index is 6.18. The van der Waals surface area contributed by atoms with Crippen molar-refractivity contribution < 1.29 is 9.47 Å². The Labute approximate surface area is 104 Å². The van der Waals surface area contributed by atoms with Gasteiger partial charge in [-0.15, -0.1) is 0 Å². The Morgan fingerprint density at radius 1 is 1.35 bits per heavy atom. The standard InChI is InChI=1S/C13H24N2O2/c1-11-8-14-6-7-15(11)9-12-10-16-13(17-12)4-2-3-5-13/h11-12,14H,2-10H2,1H3. The van der Waals surface area contributed by atoms with Gasteiger partial charge in [0.1, 0.15) is 0 Å². The second-order valence-corrected chi connectivity index (χ2v) is 5.72. The molecule has 1 spiro atoms. The molecule has 0 bridgehead atoms. The lowest BCUT2D eigenvalue weighted by Crippen LogP contribution is -2.52. The van der Waals surface area contributed by atoms with Crippen molar-refractivity contribution in [3.63, 3.8) is 0 Å². The molecular weight excluding hydrogens is 216 g/mol. The quantitative estimate of drug-likeness (QED) is 0.780. The molecule has 4 nitrogen and oxygen atoms in total. The van der Waals surface area contributed by atoms with Crippen LogP contribution in [0.1, 0.15) is 32.6 Å². The highest BCUT2D eigenvalue weighted by Crippen LogP contribution is 2.39. The molecule has 2 atom stereocenters. The van der Waals surface area contributed by atoms with Gasteiger partial charge in [-0.25, -0.2) is 0 Å². The lowest BCUT2D eigenvalue weighted by Gasteiger charge is -2.35. The molecule has 1 saturated carbocycles. The zero-order chi connectivity index (χ0) is 11.7. The summed E-state index contributed by atoms with van der Waals surface area (Å²) in [5.41, 5.74) is 0.